The molecule has 3 aromatic rings. The first-order valence-electron chi connectivity index (χ1n) is 11.7. The van der Waals surface area contributed by atoms with Crippen LogP contribution in [0.1, 0.15) is 31.7 Å². The SMILES string of the molecule is CCCCCN1C(=O)/C(=C/c2cn(-c3ccccc3)nc2-c2ccc(S(=O)(=O)N(C)C)cc2)SC1=S. The summed E-state index contributed by atoms with van der Waals surface area (Å²) in [6.45, 7) is 2.74. The number of hydrogen-bond acceptors (Lipinski definition) is 6. The van der Waals surface area contributed by atoms with Gasteiger partial charge < -0.3 is 0 Å². The van der Waals surface area contributed by atoms with Gasteiger partial charge in [0, 0.05) is 38.0 Å². The largest absolute Gasteiger partial charge is 0.293 e. The fourth-order valence-electron chi connectivity index (χ4n) is 3.78. The quantitative estimate of drug-likeness (QED) is 0.212. The lowest BCUT2D eigenvalue weighted by Crippen LogP contribution is -2.28. The second kappa shape index (κ2) is 11.1. The summed E-state index contributed by atoms with van der Waals surface area (Å²) in [5.74, 6) is -0.0908. The molecule has 0 saturated carbocycles. The number of sulfonamides is 1. The Bertz CT molecular complexity index is 1400. The summed E-state index contributed by atoms with van der Waals surface area (Å²) in [5.41, 5.74) is 3.00. The minimum absolute atomic E-state index is 0.0908. The lowest BCUT2D eigenvalue weighted by Gasteiger charge is -2.13. The van der Waals surface area contributed by atoms with Gasteiger partial charge >= 0.3 is 0 Å². The van der Waals surface area contributed by atoms with Gasteiger partial charge in [-0.15, -0.1) is 0 Å². The van der Waals surface area contributed by atoms with Gasteiger partial charge in [-0.1, -0.05) is 74.1 Å². The molecule has 0 bridgehead atoms. The molecule has 188 valence electrons. The average Bonchev–Trinajstić information content (AvgIpc) is 3.41. The van der Waals surface area contributed by atoms with E-state index in [0.717, 1.165) is 36.1 Å². The van der Waals surface area contributed by atoms with Gasteiger partial charge in [0.05, 0.1) is 21.2 Å². The lowest BCUT2D eigenvalue weighted by atomic mass is 10.1. The Hall–Kier alpha value is -2.79. The maximum absolute atomic E-state index is 13.1. The van der Waals surface area contributed by atoms with Crippen molar-refractivity contribution in [1.82, 2.24) is 19.0 Å². The van der Waals surface area contributed by atoms with Gasteiger partial charge in [-0.25, -0.2) is 17.4 Å². The van der Waals surface area contributed by atoms with Crippen LogP contribution in [0.15, 0.2) is 70.6 Å². The molecular formula is C26H28N4O3S3. The Morgan fingerprint density at radius 1 is 1.06 bits per heavy atom. The van der Waals surface area contributed by atoms with E-state index in [1.807, 2.05) is 42.6 Å². The summed E-state index contributed by atoms with van der Waals surface area (Å²) >= 11 is 6.78. The van der Waals surface area contributed by atoms with Crippen molar-refractivity contribution in [3.05, 3.63) is 71.3 Å². The van der Waals surface area contributed by atoms with Crippen molar-refractivity contribution in [1.29, 1.82) is 0 Å². The van der Waals surface area contributed by atoms with E-state index in [-0.39, 0.29) is 10.8 Å². The third-order valence-corrected chi connectivity index (χ3v) is 9.02. The minimum atomic E-state index is -3.54. The molecule has 10 heteroatoms. The van der Waals surface area contributed by atoms with Crippen molar-refractivity contribution in [3.8, 4) is 16.9 Å². The molecule has 2 aromatic carbocycles. The van der Waals surface area contributed by atoms with Crippen LogP contribution in [0.2, 0.25) is 0 Å². The summed E-state index contributed by atoms with van der Waals surface area (Å²) in [6, 6.07) is 16.3. The number of para-hydroxylation sites is 1. The van der Waals surface area contributed by atoms with Gasteiger partial charge in [-0.05, 0) is 36.8 Å². The van der Waals surface area contributed by atoms with Gasteiger partial charge in [0.1, 0.15) is 4.32 Å². The smallest absolute Gasteiger partial charge is 0.266 e. The van der Waals surface area contributed by atoms with Crippen LogP contribution in [-0.4, -0.2) is 58.3 Å². The maximum Gasteiger partial charge on any atom is 0.266 e. The van der Waals surface area contributed by atoms with Crippen LogP contribution in [0, 0.1) is 0 Å². The van der Waals surface area contributed by atoms with Crippen LogP contribution >= 0.6 is 24.0 Å². The van der Waals surface area contributed by atoms with E-state index in [4.69, 9.17) is 17.3 Å². The summed E-state index contributed by atoms with van der Waals surface area (Å²) in [4.78, 5) is 15.5. The molecular weight excluding hydrogens is 513 g/mol. The van der Waals surface area contributed by atoms with Crippen molar-refractivity contribution in [3.63, 3.8) is 0 Å². The third kappa shape index (κ3) is 5.46. The Balaban J connectivity index is 1.73. The Morgan fingerprint density at radius 3 is 2.39 bits per heavy atom. The first-order valence-corrected chi connectivity index (χ1v) is 14.3. The lowest BCUT2D eigenvalue weighted by molar-refractivity contribution is -0.122. The first kappa shape index (κ1) is 26.3. The molecule has 1 amide bonds. The van der Waals surface area contributed by atoms with Crippen LogP contribution in [-0.2, 0) is 14.8 Å². The van der Waals surface area contributed by atoms with Crippen LogP contribution < -0.4 is 0 Å². The van der Waals surface area contributed by atoms with Crippen molar-refractivity contribution >= 4 is 50.3 Å². The van der Waals surface area contributed by atoms with E-state index in [1.165, 1.54) is 30.2 Å². The van der Waals surface area contributed by atoms with Crippen molar-refractivity contribution < 1.29 is 13.2 Å². The van der Waals surface area contributed by atoms with Crippen LogP contribution in [0.4, 0.5) is 0 Å². The highest BCUT2D eigenvalue weighted by Gasteiger charge is 2.32. The van der Waals surface area contributed by atoms with Crippen LogP contribution in [0.5, 0.6) is 0 Å². The number of nitrogens with zero attached hydrogens (tertiary/aromatic N) is 4. The maximum atomic E-state index is 13.1. The normalized spacial score (nSPS) is 15.4. The zero-order chi connectivity index (χ0) is 25.9. The number of unbranched alkanes of at least 4 members (excludes halogenated alkanes) is 2. The van der Waals surface area contributed by atoms with Gasteiger partial charge in [0.25, 0.3) is 5.91 Å². The number of carbonyl (C=O) groups is 1. The molecule has 7 nitrogen and oxygen atoms in total. The number of thioether (sulfide) groups is 1. The molecule has 0 unspecified atom stereocenters. The predicted molar refractivity (Wildman–Crippen MR) is 149 cm³/mol. The number of benzene rings is 2. The number of hydrogen-bond donors (Lipinski definition) is 0. The van der Waals surface area contributed by atoms with Gasteiger partial charge in [-0.2, -0.15) is 5.10 Å². The van der Waals surface area contributed by atoms with E-state index < -0.39 is 10.0 Å². The molecule has 36 heavy (non-hydrogen) atoms. The molecule has 0 spiro atoms. The number of thiocarbonyl (C=S) groups is 1. The summed E-state index contributed by atoms with van der Waals surface area (Å²) in [7, 11) is -0.541. The molecule has 1 saturated heterocycles. The third-order valence-electron chi connectivity index (χ3n) is 5.82. The molecule has 0 N–H and O–H groups in total. The van der Waals surface area contributed by atoms with E-state index in [9.17, 15) is 13.2 Å². The average molecular weight is 541 g/mol. The Labute approximate surface area is 221 Å². The number of carbonyl (C=O) groups excluding carboxylic acids is 1. The summed E-state index contributed by atoms with van der Waals surface area (Å²) in [6.07, 6.45) is 6.73. The molecule has 0 aliphatic carbocycles. The fourth-order valence-corrected chi connectivity index (χ4v) is 5.98. The highest BCUT2D eigenvalue weighted by Crippen LogP contribution is 2.35. The minimum Gasteiger partial charge on any atom is -0.293 e. The standard InChI is InChI=1S/C26H28N4O3S3/c1-4-5-9-16-29-25(31)23(35-26(29)34)17-20-18-30(21-10-7-6-8-11-21)27-24(20)19-12-14-22(15-13-19)36(32,33)28(2)3/h6-8,10-15,17-18H,4-5,9,16H2,1-3H3/b23-17-. The predicted octanol–water partition coefficient (Wildman–Crippen LogP) is 5.18. The molecule has 0 atom stereocenters. The van der Waals surface area contributed by atoms with Gasteiger partial charge in [-0.3, -0.25) is 9.69 Å². The highest BCUT2D eigenvalue weighted by atomic mass is 32.2. The fraction of sp³-hybridized carbons (Fsp3) is 0.269. The molecule has 1 aromatic heterocycles. The van der Waals surface area contributed by atoms with Crippen LogP contribution in [0.25, 0.3) is 23.0 Å². The number of aromatic nitrogens is 2. The van der Waals surface area contributed by atoms with Crippen LogP contribution in [0.3, 0.4) is 0 Å². The second-order valence-corrected chi connectivity index (χ2v) is 12.4. The topological polar surface area (TPSA) is 75.5 Å². The molecule has 1 aliphatic rings. The van der Waals surface area contributed by atoms with E-state index in [2.05, 4.69) is 6.92 Å². The van der Waals surface area contributed by atoms with E-state index in [1.54, 1.807) is 33.8 Å². The Kier molecular flexibility index (Phi) is 8.09. The van der Waals surface area contributed by atoms with E-state index >= 15 is 0 Å². The van der Waals surface area contributed by atoms with Gasteiger partial charge in [0.2, 0.25) is 10.0 Å². The number of rotatable bonds is 9. The zero-order valence-electron chi connectivity index (χ0n) is 20.4. The van der Waals surface area contributed by atoms with Crippen molar-refractivity contribution in [2.75, 3.05) is 20.6 Å². The first-order chi connectivity index (χ1) is 17.2. The van der Waals surface area contributed by atoms with Gasteiger partial charge in [0.15, 0.2) is 0 Å². The highest BCUT2D eigenvalue weighted by molar-refractivity contribution is 8.26. The summed E-state index contributed by atoms with van der Waals surface area (Å²) < 4.78 is 28.5. The van der Waals surface area contributed by atoms with E-state index in [0.29, 0.717) is 21.5 Å². The molecule has 1 aliphatic heterocycles. The monoisotopic (exact) mass is 540 g/mol. The van der Waals surface area contributed by atoms with Crippen molar-refractivity contribution in [2.45, 2.75) is 31.1 Å². The molecule has 4 rings (SSSR count). The molecule has 1 fully saturated rings. The molecule has 0 radical (unpaired) electrons. The van der Waals surface area contributed by atoms with Crippen molar-refractivity contribution in [2.24, 2.45) is 0 Å². The second-order valence-electron chi connectivity index (χ2n) is 8.57. The Morgan fingerprint density at radius 2 is 1.75 bits per heavy atom. The molecule has 2 heterocycles. The summed E-state index contributed by atoms with van der Waals surface area (Å²) in [5, 5.41) is 4.79. The zero-order valence-corrected chi connectivity index (χ0v) is 22.9. The number of amides is 1.